The molecule has 3 heteroatoms. The first kappa shape index (κ1) is 10.7. The van der Waals surface area contributed by atoms with Crippen LogP contribution in [0.15, 0.2) is 53.0 Å². The van der Waals surface area contributed by atoms with Gasteiger partial charge < -0.3 is 10.2 Å². The number of hydrogen-bond donors (Lipinski definition) is 1. The molecule has 1 aliphatic rings. The van der Waals surface area contributed by atoms with Crippen molar-refractivity contribution in [2.75, 3.05) is 23.3 Å². The summed E-state index contributed by atoms with van der Waals surface area (Å²) in [5, 5.41) is 3.42. The van der Waals surface area contributed by atoms with Gasteiger partial charge in [0.15, 0.2) is 0 Å². The third kappa shape index (κ3) is 2.03. The molecule has 0 saturated carbocycles. The van der Waals surface area contributed by atoms with E-state index < -0.39 is 0 Å². The average molecular weight is 289 g/mol. The smallest absolute Gasteiger partial charge is 0.0647 e. The largest absolute Gasteiger partial charge is 0.382 e. The van der Waals surface area contributed by atoms with Gasteiger partial charge in [0.1, 0.15) is 0 Å². The summed E-state index contributed by atoms with van der Waals surface area (Å²) >= 11 is 3.47. The summed E-state index contributed by atoms with van der Waals surface area (Å²) in [7, 11) is 0. The summed E-state index contributed by atoms with van der Waals surface area (Å²) < 4.78 is 1.12. The minimum absolute atomic E-state index is 0.979. The molecular weight excluding hydrogens is 276 g/mol. The number of rotatable bonds is 1. The van der Waals surface area contributed by atoms with Gasteiger partial charge in [-0.15, -0.1) is 0 Å². The molecule has 0 saturated heterocycles. The molecule has 2 nitrogen and oxygen atoms in total. The van der Waals surface area contributed by atoms with Gasteiger partial charge in [-0.05, 0) is 36.4 Å². The topological polar surface area (TPSA) is 15.3 Å². The molecule has 0 unspecified atom stereocenters. The lowest BCUT2D eigenvalue weighted by Crippen LogP contribution is -2.29. The lowest BCUT2D eigenvalue weighted by Gasteiger charge is -2.32. The normalized spacial score (nSPS) is 14.1. The van der Waals surface area contributed by atoms with Crippen LogP contribution in [-0.4, -0.2) is 13.1 Å². The number of anilines is 3. The SMILES string of the molecule is Brc1ccc(N2CCNc3ccccc32)cc1. The Morgan fingerprint density at radius 3 is 2.59 bits per heavy atom. The van der Waals surface area contributed by atoms with E-state index in [-0.39, 0.29) is 0 Å². The summed E-state index contributed by atoms with van der Waals surface area (Å²) in [5.41, 5.74) is 3.70. The number of nitrogens with one attached hydrogen (secondary N) is 1. The number of benzene rings is 2. The molecule has 2 aromatic carbocycles. The fraction of sp³-hybridized carbons (Fsp3) is 0.143. The zero-order valence-electron chi connectivity index (χ0n) is 9.36. The Bertz CT molecular complexity index is 522. The van der Waals surface area contributed by atoms with E-state index in [0.29, 0.717) is 0 Å². The van der Waals surface area contributed by atoms with Crippen LogP contribution >= 0.6 is 15.9 Å². The molecule has 0 radical (unpaired) electrons. The molecule has 2 aromatic rings. The summed E-state index contributed by atoms with van der Waals surface area (Å²) in [6.07, 6.45) is 0. The maximum atomic E-state index is 3.47. The van der Waals surface area contributed by atoms with E-state index in [1.807, 2.05) is 0 Å². The van der Waals surface area contributed by atoms with E-state index in [4.69, 9.17) is 0 Å². The molecule has 1 aliphatic heterocycles. The first-order valence-corrected chi connectivity index (χ1v) is 6.50. The van der Waals surface area contributed by atoms with Gasteiger partial charge in [0.25, 0.3) is 0 Å². The van der Waals surface area contributed by atoms with Crippen LogP contribution in [0, 0.1) is 0 Å². The average Bonchev–Trinajstić information content (AvgIpc) is 2.39. The number of para-hydroxylation sites is 2. The van der Waals surface area contributed by atoms with E-state index in [2.05, 4.69) is 74.7 Å². The van der Waals surface area contributed by atoms with Crippen LogP contribution in [0.4, 0.5) is 17.1 Å². The van der Waals surface area contributed by atoms with Gasteiger partial charge in [0, 0.05) is 23.2 Å². The zero-order chi connectivity index (χ0) is 11.7. The summed E-state index contributed by atoms with van der Waals surface area (Å²) in [4.78, 5) is 2.35. The molecule has 0 aromatic heterocycles. The molecule has 1 N–H and O–H groups in total. The second-order valence-corrected chi connectivity index (χ2v) is 4.99. The fourth-order valence-electron chi connectivity index (χ4n) is 2.17. The van der Waals surface area contributed by atoms with Crippen LogP contribution in [0.2, 0.25) is 0 Å². The number of fused-ring (bicyclic) bond motifs is 1. The van der Waals surface area contributed by atoms with Gasteiger partial charge >= 0.3 is 0 Å². The van der Waals surface area contributed by atoms with Crippen molar-refractivity contribution in [3.63, 3.8) is 0 Å². The van der Waals surface area contributed by atoms with E-state index in [0.717, 1.165) is 17.6 Å². The first-order chi connectivity index (χ1) is 8.34. The Morgan fingerprint density at radius 2 is 1.76 bits per heavy atom. The van der Waals surface area contributed by atoms with E-state index in [1.54, 1.807) is 0 Å². The fourth-order valence-corrected chi connectivity index (χ4v) is 2.43. The zero-order valence-corrected chi connectivity index (χ0v) is 10.9. The maximum Gasteiger partial charge on any atom is 0.0647 e. The predicted octanol–water partition coefficient (Wildman–Crippen LogP) is 4.01. The molecule has 3 rings (SSSR count). The molecule has 0 aliphatic carbocycles. The van der Waals surface area contributed by atoms with Crippen molar-refractivity contribution in [3.8, 4) is 0 Å². The van der Waals surface area contributed by atoms with Gasteiger partial charge in [-0.2, -0.15) is 0 Å². The van der Waals surface area contributed by atoms with Gasteiger partial charge in [0.2, 0.25) is 0 Å². The highest BCUT2D eigenvalue weighted by atomic mass is 79.9. The van der Waals surface area contributed by atoms with E-state index in [9.17, 15) is 0 Å². The minimum Gasteiger partial charge on any atom is -0.382 e. The second kappa shape index (κ2) is 4.41. The van der Waals surface area contributed by atoms with Crippen molar-refractivity contribution in [2.24, 2.45) is 0 Å². The van der Waals surface area contributed by atoms with Gasteiger partial charge in [-0.3, -0.25) is 0 Å². The van der Waals surface area contributed by atoms with Crippen LogP contribution in [0.3, 0.4) is 0 Å². The van der Waals surface area contributed by atoms with Crippen molar-refractivity contribution < 1.29 is 0 Å². The van der Waals surface area contributed by atoms with Gasteiger partial charge in [0.05, 0.1) is 11.4 Å². The van der Waals surface area contributed by atoms with E-state index >= 15 is 0 Å². The van der Waals surface area contributed by atoms with Crippen molar-refractivity contribution in [2.45, 2.75) is 0 Å². The molecule has 86 valence electrons. The third-order valence-electron chi connectivity index (χ3n) is 2.98. The van der Waals surface area contributed by atoms with Crippen LogP contribution in [0.5, 0.6) is 0 Å². The summed E-state index contributed by atoms with van der Waals surface area (Å²) in [5.74, 6) is 0. The number of nitrogens with zero attached hydrogens (tertiary/aromatic N) is 1. The van der Waals surface area contributed by atoms with Crippen molar-refractivity contribution in [1.82, 2.24) is 0 Å². The number of hydrogen-bond acceptors (Lipinski definition) is 2. The summed E-state index contributed by atoms with van der Waals surface area (Å²) in [6, 6.07) is 16.9. The molecule has 17 heavy (non-hydrogen) atoms. The molecule has 0 bridgehead atoms. The monoisotopic (exact) mass is 288 g/mol. The Kier molecular flexibility index (Phi) is 2.77. The summed E-state index contributed by atoms with van der Waals surface area (Å²) in [6.45, 7) is 1.98. The predicted molar refractivity (Wildman–Crippen MR) is 76.1 cm³/mol. The van der Waals surface area contributed by atoms with E-state index in [1.165, 1.54) is 17.1 Å². The van der Waals surface area contributed by atoms with Gasteiger partial charge in [-0.1, -0.05) is 28.1 Å². The van der Waals surface area contributed by atoms with Crippen molar-refractivity contribution in [3.05, 3.63) is 53.0 Å². The second-order valence-electron chi connectivity index (χ2n) is 4.07. The third-order valence-corrected chi connectivity index (χ3v) is 3.51. The maximum absolute atomic E-state index is 3.47. The highest BCUT2D eigenvalue weighted by molar-refractivity contribution is 9.10. The van der Waals surface area contributed by atoms with Crippen molar-refractivity contribution in [1.29, 1.82) is 0 Å². The molecular formula is C14H13BrN2. The Morgan fingerprint density at radius 1 is 1.00 bits per heavy atom. The van der Waals surface area contributed by atoms with Crippen LogP contribution < -0.4 is 10.2 Å². The van der Waals surface area contributed by atoms with Crippen molar-refractivity contribution >= 4 is 33.0 Å². The van der Waals surface area contributed by atoms with Crippen LogP contribution in [-0.2, 0) is 0 Å². The lowest BCUT2D eigenvalue weighted by molar-refractivity contribution is 0.927. The Balaban J connectivity index is 2.03. The van der Waals surface area contributed by atoms with Crippen LogP contribution in [0.25, 0.3) is 0 Å². The lowest BCUT2D eigenvalue weighted by atomic mass is 10.1. The molecule has 0 atom stereocenters. The quantitative estimate of drug-likeness (QED) is 0.853. The van der Waals surface area contributed by atoms with Gasteiger partial charge in [-0.25, -0.2) is 0 Å². The highest BCUT2D eigenvalue weighted by Crippen LogP contribution is 2.34. The van der Waals surface area contributed by atoms with Crippen LogP contribution in [0.1, 0.15) is 0 Å². The first-order valence-electron chi connectivity index (χ1n) is 5.70. The highest BCUT2D eigenvalue weighted by Gasteiger charge is 2.16. The Labute approximate surface area is 109 Å². The molecule has 0 amide bonds. The minimum atomic E-state index is 0.979. The molecule has 0 fully saturated rings. The number of halogens is 1. The molecule has 0 spiro atoms. The molecule has 1 heterocycles. The Hall–Kier alpha value is -1.48. The standard InChI is InChI=1S/C14H13BrN2/c15-11-5-7-12(8-6-11)17-10-9-16-13-3-1-2-4-14(13)17/h1-8,16H,9-10H2.